The number of benzene rings is 2. The Morgan fingerprint density at radius 3 is 2.41 bits per heavy atom. The lowest BCUT2D eigenvalue weighted by Gasteiger charge is -2.09. The van der Waals surface area contributed by atoms with Crippen LogP contribution in [0.5, 0.6) is 0 Å². The van der Waals surface area contributed by atoms with E-state index in [1.165, 1.54) is 0 Å². The molecular weight excluding hydrogens is 298 g/mol. The van der Waals surface area contributed by atoms with Gasteiger partial charge in [0.05, 0.1) is 5.39 Å². The minimum absolute atomic E-state index is 0.0955. The Morgan fingerprint density at radius 1 is 1.09 bits per heavy atom. The molecule has 112 valence electrons. The van der Waals surface area contributed by atoms with E-state index < -0.39 is 0 Å². The Kier molecular flexibility index (Phi) is 3.67. The molecule has 2 aromatic carbocycles. The summed E-state index contributed by atoms with van der Waals surface area (Å²) < 4.78 is 5.86. The zero-order valence-electron chi connectivity index (χ0n) is 12.4. The predicted molar refractivity (Wildman–Crippen MR) is 91.4 cm³/mol. The molecule has 22 heavy (non-hydrogen) atoms. The highest BCUT2D eigenvalue weighted by molar-refractivity contribution is 6.33. The number of fused-ring (bicyclic) bond motifs is 1. The largest absolute Gasteiger partial charge is 0.454 e. The second-order valence-corrected chi connectivity index (χ2v) is 5.98. The molecule has 3 aromatic rings. The van der Waals surface area contributed by atoms with Gasteiger partial charge in [-0.3, -0.25) is 4.79 Å². The van der Waals surface area contributed by atoms with Crippen molar-refractivity contribution in [1.82, 2.24) is 0 Å². The lowest BCUT2D eigenvalue weighted by molar-refractivity contribution is 0.619. The van der Waals surface area contributed by atoms with E-state index in [1.807, 2.05) is 18.2 Å². The van der Waals surface area contributed by atoms with Gasteiger partial charge in [0.2, 0.25) is 5.43 Å². The molecule has 0 fully saturated rings. The Labute approximate surface area is 133 Å². The van der Waals surface area contributed by atoms with Gasteiger partial charge in [-0.05, 0) is 47.9 Å². The summed E-state index contributed by atoms with van der Waals surface area (Å²) in [5.41, 5.74) is 8.46. The van der Waals surface area contributed by atoms with Crippen molar-refractivity contribution in [1.29, 1.82) is 0 Å². The van der Waals surface area contributed by atoms with Crippen LogP contribution < -0.4 is 11.2 Å². The summed E-state index contributed by atoms with van der Waals surface area (Å²) >= 11 is 6.24. The summed E-state index contributed by atoms with van der Waals surface area (Å²) in [6.45, 7) is 4.15. The maximum Gasteiger partial charge on any atom is 0.211 e. The van der Waals surface area contributed by atoms with Gasteiger partial charge in [0.25, 0.3) is 0 Å². The third-order valence-electron chi connectivity index (χ3n) is 3.70. The smallest absolute Gasteiger partial charge is 0.211 e. The van der Waals surface area contributed by atoms with Crippen molar-refractivity contribution in [2.75, 3.05) is 5.73 Å². The van der Waals surface area contributed by atoms with Gasteiger partial charge >= 0.3 is 0 Å². The van der Waals surface area contributed by atoms with Gasteiger partial charge in [-0.15, -0.1) is 0 Å². The van der Waals surface area contributed by atoms with E-state index in [1.54, 1.807) is 24.3 Å². The molecule has 0 radical (unpaired) electrons. The van der Waals surface area contributed by atoms with Crippen LogP contribution in [0.25, 0.3) is 22.3 Å². The van der Waals surface area contributed by atoms with E-state index >= 15 is 0 Å². The highest BCUT2D eigenvalue weighted by Gasteiger charge is 2.15. The molecule has 3 nitrogen and oxygen atoms in total. The monoisotopic (exact) mass is 313 g/mol. The molecule has 0 bridgehead atoms. The van der Waals surface area contributed by atoms with E-state index in [0.717, 1.165) is 11.1 Å². The van der Waals surface area contributed by atoms with Crippen molar-refractivity contribution < 1.29 is 4.42 Å². The Balaban J connectivity index is 2.26. The topological polar surface area (TPSA) is 56.2 Å². The Morgan fingerprint density at radius 2 is 1.77 bits per heavy atom. The molecule has 0 aliphatic carbocycles. The van der Waals surface area contributed by atoms with Crippen LogP contribution in [0.15, 0.2) is 51.7 Å². The van der Waals surface area contributed by atoms with E-state index in [0.29, 0.717) is 28.3 Å². The summed E-state index contributed by atoms with van der Waals surface area (Å²) in [5, 5.41) is 0.605. The third kappa shape index (κ3) is 2.48. The van der Waals surface area contributed by atoms with Gasteiger partial charge in [-0.2, -0.15) is 0 Å². The summed E-state index contributed by atoms with van der Waals surface area (Å²) in [4.78, 5) is 12.5. The molecule has 1 aromatic heterocycles. The van der Waals surface area contributed by atoms with Gasteiger partial charge in [0.1, 0.15) is 10.6 Å². The van der Waals surface area contributed by atoms with Gasteiger partial charge in [0, 0.05) is 11.3 Å². The predicted octanol–water partition coefficient (Wildman–Crippen LogP) is 4.82. The lowest BCUT2D eigenvalue weighted by Crippen LogP contribution is -2.04. The van der Waals surface area contributed by atoms with E-state index in [2.05, 4.69) is 13.8 Å². The zero-order chi connectivity index (χ0) is 15.9. The minimum Gasteiger partial charge on any atom is -0.454 e. The van der Waals surface area contributed by atoms with E-state index in [9.17, 15) is 4.79 Å². The number of hydrogen-bond acceptors (Lipinski definition) is 3. The van der Waals surface area contributed by atoms with Crippen LogP contribution in [0, 0.1) is 0 Å². The normalized spacial score (nSPS) is 11.3. The molecule has 0 atom stereocenters. The van der Waals surface area contributed by atoms with Crippen LogP contribution in [-0.2, 0) is 0 Å². The summed E-state index contributed by atoms with van der Waals surface area (Å²) in [6, 6.07) is 12.7. The number of rotatable bonds is 2. The van der Waals surface area contributed by atoms with Crippen molar-refractivity contribution in [3.8, 4) is 11.3 Å². The number of hydrogen-bond donors (Lipinski definition) is 1. The Hall–Kier alpha value is -2.26. The third-order valence-corrected chi connectivity index (χ3v) is 4.04. The molecule has 2 N–H and O–H groups in total. The molecule has 0 saturated carbocycles. The molecule has 0 spiro atoms. The first-order valence-electron chi connectivity index (χ1n) is 7.09. The first-order valence-corrected chi connectivity index (χ1v) is 7.47. The number of nitrogens with two attached hydrogens (primary N) is 1. The Bertz CT molecular complexity index is 895. The fourth-order valence-corrected chi connectivity index (χ4v) is 2.62. The average molecular weight is 314 g/mol. The summed E-state index contributed by atoms with van der Waals surface area (Å²) in [5.74, 6) is 0.704. The highest BCUT2D eigenvalue weighted by atomic mass is 35.5. The fourth-order valence-electron chi connectivity index (χ4n) is 2.37. The fraction of sp³-hybridized carbons (Fsp3) is 0.167. The average Bonchev–Trinajstić information content (AvgIpc) is 2.51. The molecule has 1 heterocycles. The lowest BCUT2D eigenvalue weighted by atomic mass is 10.0. The standard InChI is InChI=1S/C18H16ClNO2/c1-10(2)12-5-8-15-14(9-12)17(21)16(19)18(22-15)11-3-6-13(20)7-4-11/h3-10H,20H2,1-2H3. The van der Waals surface area contributed by atoms with Crippen LogP contribution in [0.1, 0.15) is 25.3 Å². The molecule has 4 heteroatoms. The van der Waals surface area contributed by atoms with Crippen LogP contribution >= 0.6 is 11.6 Å². The second-order valence-electron chi connectivity index (χ2n) is 5.61. The molecule has 0 amide bonds. The van der Waals surface area contributed by atoms with Crippen LogP contribution in [0.4, 0.5) is 5.69 Å². The SMILES string of the molecule is CC(C)c1ccc2oc(-c3ccc(N)cc3)c(Cl)c(=O)c2c1. The maximum absolute atomic E-state index is 12.5. The highest BCUT2D eigenvalue weighted by Crippen LogP contribution is 2.30. The second kappa shape index (κ2) is 5.50. The van der Waals surface area contributed by atoms with Crippen molar-refractivity contribution in [2.45, 2.75) is 19.8 Å². The van der Waals surface area contributed by atoms with Gasteiger partial charge < -0.3 is 10.2 Å². The van der Waals surface area contributed by atoms with Crippen molar-refractivity contribution in [2.24, 2.45) is 0 Å². The molecular formula is C18H16ClNO2. The van der Waals surface area contributed by atoms with Gasteiger partial charge in [-0.25, -0.2) is 0 Å². The van der Waals surface area contributed by atoms with Crippen LogP contribution in [0.3, 0.4) is 0 Å². The first-order chi connectivity index (χ1) is 10.5. The van der Waals surface area contributed by atoms with E-state index in [4.69, 9.17) is 21.8 Å². The van der Waals surface area contributed by atoms with Crippen molar-refractivity contribution in [3.05, 3.63) is 63.3 Å². The first kappa shape index (κ1) is 14.7. The maximum atomic E-state index is 12.5. The molecule has 3 rings (SSSR count). The number of nitrogen functional groups attached to an aromatic ring is 1. The quantitative estimate of drug-likeness (QED) is 0.690. The minimum atomic E-state index is -0.211. The molecule has 0 saturated heterocycles. The van der Waals surface area contributed by atoms with Crippen molar-refractivity contribution in [3.63, 3.8) is 0 Å². The van der Waals surface area contributed by atoms with E-state index in [-0.39, 0.29) is 10.5 Å². The summed E-state index contributed by atoms with van der Waals surface area (Å²) in [6.07, 6.45) is 0. The van der Waals surface area contributed by atoms with Gasteiger partial charge in [-0.1, -0.05) is 31.5 Å². The number of halogens is 1. The molecule has 0 aliphatic rings. The zero-order valence-corrected chi connectivity index (χ0v) is 13.1. The molecule has 0 aliphatic heterocycles. The van der Waals surface area contributed by atoms with Gasteiger partial charge in [0.15, 0.2) is 5.76 Å². The van der Waals surface area contributed by atoms with Crippen LogP contribution in [-0.4, -0.2) is 0 Å². The molecule has 0 unspecified atom stereocenters. The van der Waals surface area contributed by atoms with Crippen LogP contribution in [0.2, 0.25) is 5.02 Å². The van der Waals surface area contributed by atoms with Crippen molar-refractivity contribution >= 4 is 28.3 Å². The number of anilines is 1. The summed E-state index contributed by atoms with van der Waals surface area (Å²) in [7, 11) is 0.